The Bertz CT molecular complexity index is 4430. The highest BCUT2D eigenvalue weighted by atomic mass is 19.1. The van der Waals surface area contributed by atoms with Crippen LogP contribution in [0.1, 0.15) is 137 Å². The first-order valence-corrected chi connectivity index (χ1v) is 28.1. The Hall–Kier alpha value is -8.45. The average Bonchev–Trinajstić information content (AvgIpc) is 3.62. The zero-order valence-electron chi connectivity index (χ0n) is 46.8. The molecule has 18 heteroatoms. The number of rotatable bonds is 4. The molecule has 83 heavy (non-hydrogen) atoms. The lowest BCUT2D eigenvalue weighted by molar-refractivity contribution is -0.172. The number of fused-ring (bicyclic) bond motifs is 13. The van der Waals surface area contributed by atoms with Crippen LogP contribution in [0.2, 0.25) is 0 Å². The minimum absolute atomic E-state index is 0.0136. The number of nitrogens with zero attached hydrogens (tertiary/aromatic N) is 5. The number of pyridine rings is 4. The van der Waals surface area contributed by atoms with Crippen LogP contribution in [0, 0.1) is 25.5 Å². The lowest BCUT2D eigenvalue weighted by atomic mass is 9.73. The van der Waals surface area contributed by atoms with Crippen molar-refractivity contribution in [1.82, 2.24) is 24.0 Å². The number of aryl methyl sites for hydroxylation is 2. The summed E-state index contributed by atoms with van der Waals surface area (Å²) in [5, 5.41) is 24.1. The Morgan fingerprint density at radius 3 is 1.61 bits per heavy atom. The monoisotopic (exact) mass is 1120 g/mol. The molecular formula is C65H58F2N6O10. The second kappa shape index (κ2) is 17.8. The number of benzene rings is 4. The average molecular weight is 1120 g/mol. The molecule has 8 heterocycles. The number of nitrogens with two attached hydrogens (primary N) is 1. The Kier molecular flexibility index (Phi) is 11.3. The molecule has 0 saturated carbocycles. The Morgan fingerprint density at radius 1 is 0.687 bits per heavy atom. The number of amides is 1. The van der Waals surface area contributed by atoms with Gasteiger partial charge in [0.2, 0.25) is 0 Å². The molecule has 8 aromatic rings. The normalized spacial score (nSPS) is 22.7. The van der Waals surface area contributed by atoms with Crippen molar-refractivity contribution in [2.45, 2.75) is 135 Å². The van der Waals surface area contributed by atoms with Crippen LogP contribution < -0.4 is 16.9 Å². The van der Waals surface area contributed by atoms with Crippen LogP contribution in [0.25, 0.3) is 55.7 Å². The van der Waals surface area contributed by atoms with Crippen LogP contribution in [-0.2, 0) is 85.2 Å². The van der Waals surface area contributed by atoms with E-state index in [-0.39, 0.29) is 78.6 Å². The van der Waals surface area contributed by atoms with Gasteiger partial charge in [-0.25, -0.2) is 33.1 Å². The third-order valence-corrected chi connectivity index (χ3v) is 19.5. The molecular weight excluding hydrogens is 1060 g/mol. The van der Waals surface area contributed by atoms with E-state index >= 15 is 4.39 Å². The predicted octanol–water partition coefficient (Wildman–Crippen LogP) is 9.17. The van der Waals surface area contributed by atoms with Gasteiger partial charge in [-0.2, -0.15) is 0 Å². The summed E-state index contributed by atoms with van der Waals surface area (Å²) >= 11 is 0. The summed E-state index contributed by atoms with van der Waals surface area (Å²) in [5.74, 6) is -2.28. The molecule has 0 spiro atoms. The van der Waals surface area contributed by atoms with Crippen molar-refractivity contribution in [3.05, 3.63) is 183 Å². The number of esters is 2. The molecule has 0 saturated heterocycles. The van der Waals surface area contributed by atoms with E-state index in [0.717, 1.165) is 66.4 Å². The van der Waals surface area contributed by atoms with Gasteiger partial charge in [0.05, 0.1) is 63.6 Å². The number of carbonyl (C=O) groups excluding carboxylic acids is 3. The van der Waals surface area contributed by atoms with E-state index in [1.807, 2.05) is 62.4 Å². The van der Waals surface area contributed by atoms with E-state index in [1.54, 1.807) is 60.9 Å². The highest BCUT2D eigenvalue weighted by Crippen LogP contribution is 2.52. The number of hydrogen-bond donors (Lipinski definition) is 3. The van der Waals surface area contributed by atoms with Crippen LogP contribution in [-0.4, -0.2) is 59.3 Å². The summed E-state index contributed by atoms with van der Waals surface area (Å²) in [6.45, 7) is 10.8. The Balaban J connectivity index is 0.000000161. The summed E-state index contributed by atoms with van der Waals surface area (Å²) in [6, 6.07) is 22.0. The van der Waals surface area contributed by atoms with Crippen LogP contribution >= 0.6 is 0 Å². The number of hydrogen-bond acceptors (Lipinski definition) is 13. The molecule has 422 valence electrons. The lowest BCUT2D eigenvalue weighted by Crippen LogP contribution is -2.48. The van der Waals surface area contributed by atoms with Crippen molar-refractivity contribution < 1.29 is 47.6 Å². The maximum atomic E-state index is 15.5. The summed E-state index contributed by atoms with van der Waals surface area (Å²) in [5.41, 5.74) is 14.4. The van der Waals surface area contributed by atoms with Gasteiger partial charge in [-0.05, 0) is 123 Å². The minimum Gasteiger partial charge on any atom is -0.458 e. The van der Waals surface area contributed by atoms with E-state index in [0.29, 0.717) is 70.6 Å². The number of halogens is 2. The van der Waals surface area contributed by atoms with Gasteiger partial charge < -0.3 is 44.2 Å². The van der Waals surface area contributed by atoms with Gasteiger partial charge in [-0.3, -0.25) is 9.59 Å². The number of aromatic nitrogens is 4. The van der Waals surface area contributed by atoms with Crippen LogP contribution in [0.3, 0.4) is 0 Å². The van der Waals surface area contributed by atoms with Crippen molar-refractivity contribution in [2.75, 3.05) is 7.05 Å². The first-order chi connectivity index (χ1) is 39.6. The molecule has 0 fully saturated rings. The molecule has 1 amide bonds. The molecule has 4 atom stereocenters. The van der Waals surface area contributed by atoms with Gasteiger partial charge in [0.25, 0.3) is 11.1 Å². The van der Waals surface area contributed by atoms with Crippen molar-refractivity contribution in [2.24, 2.45) is 5.73 Å². The highest BCUT2D eigenvalue weighted by Gasteiger charge is 2.50. The van der Waals surface area contributed by atoms with Gasteiger partial charge in [-0.1, -0.05) is 62.4 Å². The van der Waals surface area contributed by atoms with Gasteiger partial charge in [0, 0.05) is 68.9 Å². The van der Waals surface area contributed by atoms with E-state index < -0.39 is 52.0 Å². The van der Waals surface area contributed by atoms with E-state index in [2.05, 4.69) is 0 Å². The quantitative estimate of drug-likeness (QED) is 0.111. The topological polar surface area (TPSA) is 218 Å². The minimum atomic E-state index is -1.98. The smallest absolute Gasteiger partial charge is 0.411 e. The zero-order valence-corrected chi connectivity index (χ0v) is 46.8. The first kappa shape index (κ1) is 52.6. The fourth-order valence-electron chi connectivity index (χ4n) is 14.6. The molecule has 4 aromatic carbocycles. The van der Waals surface area contributed by atoms with E-state index in [4.69, 9.17) is 29.9 Å². The molecule has 7 aliphatic rings. The van der Waals surface area contributed by atoms with E-state index in [1.165, 1.54) is 12.1 Å². The summed E-state index contributed by atoms with van der Waals surface area (Å²) in [4.78, 5) is 78.4. The van der Waals surface area contributed by atoms with E-state index in [9.17, 15) is 38.6 Å². The predicted molar refractivity (Wildman–Crippen MR) is 302 cm³/mol. The van der Waals surface area contributed by atoms with Crippen molar-refractivity contribution in [1.29, 1.82) is 0 Å². The number of cyclic esters (lactones) is 2. The third-order valence-electron chi connectivity index (χ3n) is 19.5. The van der Waals surface area contributed by atoms with Gasteiger partial charge >= 0.3 is 18.0 Å². The number of ether oxygens (including phenoxy) is 3. The van der Waals surface area contributed by atoms with Gasteiger partial charge in [-0.15, -0.1) is 0 Å². The highest BCUT2D eigenvalue weighted by molar-refractivity contribution is 5.96. The van der Waals surface area contributed by atoms with Crippen molar-refractivity contribution in [3.8, 4) is 33.9 Å². The Labute approximate surface area is 474 Å². The number of aliphatic hydroxyl groups is 2. The largest absolute Gasteiger partial charge is 0.458 e. The lowest BCUT2D eigenvalue weighted by Gasteiger charge is -2.44. The van der Waals surface area contributed by atoms with Gasteiger partial charge in [0.15, 0.2) is 17.3 Å². The molecule has 4 aliphatic heterocycles. The van der Waals surface area contributed by atoms with Crippen molar-refractivity contribution >= 4 is 39.8 Å². The summed E-state index contributed by atoms with van der Waals surface area (Å²) in [6.07, 6.45) is 1.25. The van der Waals surface area contributed by atoms with Crippen molar-refractivity contribution in [3.63, 3.8) is 0 Å². The fourth-order valence-corrected chi connectivity index (χ4v) is 14.6. The fraction of sp³-hybridized carbons (Fsp3) is 0.338. The maximum Gasteiger partial charge on any atom is 0.411 e. The second-order valence-electron chi connectivity index (χ2n) is 23.7. The molecule has 3 aliphatic carbocycles. The molecule has 16 nitrogen and oxygen atoms in total. The molecule has 4 aromatic heterocycles. The molecule has 0 radical (unpaired) electrons. The second-order valence-corrected chi connectivity index (χ2v) is 23.7. The standard InChI is InChI=1S/C40H34FN3O6.C25H24FN3O4/c1-5-40(48)28-16-31-34-26(18-44(31)36(45)27(28)19-49-37(40)46)33-32-21(20(2)29(41)17-30(32)42-34)14-15-39(33,3)43(4)38(47)50-35-24-12-8-6-10-22(24)23-11-7-9-13-25(23)35;1-4-25(32)15-7-18-21-13(9-29(18)22(30)14(15)10-33-23(25)31)20-19-12(5-6-24(20,3)27)11(2)16(26)8-17(19)28-21/h6-13,16-17,35,48H,5,14-15,18-19H2,1-4H3;7-8,32H,4-6,9-10,27H2,1-3H3/t39?,40-;24-,25+/m01/s1. The zero-order chi connectivity index (χ0) is 58.3. The Morgan fingerprint density at radius 2 is 1.13 bits per heavy atom. The summed E-state index contributed by atoms with van der Waals surface area (Å²) < 4.78 is 50.2. The van der Waals surface area contributed by atoms with Crippen LogP contribution in [0.15, 0.2) is 82.4 Å². The molecule has 0 bridgehead atoms. The maximum absolute atomic E-state index is 15.5. The SMILES string of the molecule is CC[C@@]1(O)C(=O)OCc2c1cc1n(c2=O)Cc2c-1nc1cc(F)c(C)c3c1c2C(C)(N(C)C(=O)OC1c2ccccc2-c2ccccc21)CC3.CC[C@@]1(O)C(=O)OCc2c1cc1n(c2=O)Cc2c-1nc1cc(F)c(C)c3c1c2[C@](C)(N)CC3. The number of carbonyl (C=O) groups is 3. The van der Waals surface area contributed by atoms with Crippen LogP contribution in [0.5, 0.6) is 0 Å². The summed E-state index contributed by atoms with van der Waals surface area (Å²) in [7, 11) is 1.73. The van der Waals surface area contributed by atoms with Gasteiger partial charge in [0.1, 0.15) is 24.8 Å². The third kappa shape index (κ3) is 7.02. The first-order valence-electron chi connectivity index (χ1n) is 28.1. The van der Waals surface area contributed by atoms with Crippen LogP contribution in [0.4, 0.5) is 13.6 Å². The molecule has 1 unspecified atom stereocenters. The molecule has 4 N–H and O–H groups in total. The molecule has 15 rings (SSSR count).